The third-order valence-electron chi connectivity index (χ3n) is 3.25. The van der Waals surface area contributed by atoms with Gasteiger partial charge in [0, 0.05) is 23.4 Å². The van der Waals surface area contributed by atoms with Gasteiger partial charge in [-0.05, 0) is 43.7 Å². The zero-order valence-corrected chi connectivity index (χ0v) is 12.3. The minimum atomic E-state index is -0.242. The van der Waals surface area contributed by atoms with Crippen LogP contribution in [0.2, 0.25) is 0 Å². The topological polar surface area (TPSA) is 71.2 Å². The van der Waals surface area contributed by atoms with Crippen molar-refractivity contribution in [1.82, 2.24) is 10.3 Å². The van der Waals surface area contributed by atoms with Gasteiger partial charge in [-0.15, -0.1) is 0 Å². The normalized spacial score (nSPS) is 10.2. The molecule has 0 bridgehead atoms. The fraction of sp³-hybridized carbons (Fsp3) is 0.250. The van der Waals surface area contributed by atoms with E-state index in [9.17, 15) is 9.59 Å². The van der Waals surface area contributed by atoms with Gasteiger partial charge in [-0.2, -0.15) is 0 Å². The van der Waals surface area contributed by atoms with Gasteiger partial charge in [-0.1, -0.05) is 6.07 Å². The van der Waals surface area contributed by atoms with E-state index in [1.807, 2.05) is 19.9 Å². The smallest absolute Gasteiger partial charge is 0.253 e. The first-order valence-electron chi connectivity index (χ1n) is 6.63. The van der Waals surface area contributed by atoms with Crippen LogP contribution in [0.5, 0.6) is 5.75 Å². The number of rotatable bonds is 4. The van der Waals surface area contributed by atoms with Crippen LogP contribution >= 0.6 is 0 Å². The Bertz CT molecular complexity index is 720. The molecule has 0 fully saturated rings. The van der Waals surface area contributed by atoms with E-state index in [-0.39, 0.29) is 18.0 Å². The molecular weight excluding hydrogens is 268 g/mol. The first kappa shape index (κ1) is 14.8. The Morgan fingerprint density at radius 2 is 2.05 bits per heavy atom. The summed E-state index contributed by atoms with van der Waals surface area (Å²) in [7, 11) is 1.55. The third-order valence-corrected chi connectivity index (χ3v) is 3.25. The van der Waals surface area contributed by atoms with Gasteiger partial charge < -0.3 is 15.0 Å². The summed E-state index contributed by atoms with van der Waals surface area (Å²) in [5.41, 5.74) is 2.56. The van der Waals surface area contributed by atoms with Crippen molar-refractivity contribution < 1.29 is 9.53 Å². The van der Waals surface area contributed by atoms with Crippen LogP contribution in [0.3, 0.4) is 0 Å². The lowest BCUT2D eigenvalue weighted by Crippen LogP contribution is -2.27. The number of aromatic nitrogens is 1. The lowest BCUT2D eigenvalue weighted by Gasteiger charge is -2.09. The fourth-order valence-corrected chi connectivity index (χ4v) is 2.14. The lowest BCUT2D eigenvalue weighted by atomic mass is 10.1. The number of hydrogen-bond donors (Lipinski definition) is 2. The van der Waals surface area contributed by atoms with Crippen LogP contribution in [-0.4, -0.2) is 18.0 Å². The summed E-state index contributed by atoms with van der Waals surface area (Å²) in [6.45, 7) is 3.87. The molecule has 0 aliphatic rings. The average Bonchev–Trinajstić information content (AvgIpc) is 2.46. The van der Waals surface area contributed by atoms with E-state index >= 15 is 0 Å². The molecule has 0 aliphatic heterocycles. The molecule has 0 unspecified atom stereocenters. The predicted molar refractivity (Wildman–Crippen MR) is 80.7 cm³/mol. The van der Waals surface area contributed by atoms with E-state index in [1.54, 1.807) is 31.4 Å². The van der Waals surface area contributed by atoms with Crippen molar-refractivity contribution in [3.05, 3.63) is 63.1 Å². The molecule has 1 heterocycles. The van der Waals surface area contributed by atoms with E-state index in [0.717, 1.165) is 11.3 Å². The molecule has 1 amide bonds. The Hall–Kier alpha value is -2.56. The zero-order chi connectivity index (χ0) is 15.4. The number of pyridine rings is 1. The molecule has 21 heavy (non-hydrogen) atoms. The van der Waals surface area contributed by atoms with Crippen molar-refractivity contribution in [1.29, 1.82) is 0 Å². The second-order valence-electron chi connectivity index (χ2n) is 4.86. The van der Waals surface area contributed by atoms with Crippen molar-refractivity contribution in [3.8, 4) is 5.75 Å². The number of amides is 1. The van der Waals surface area contributed by atoms with Gasteiger partial charge in [0.15, 0.2) is 0 Å². The van der Waals surface area contributed by atoms with Gasteiger partial charge >= 0.3 is 0 Å². The molecule has 5 nitrogen and oxygen atoms in total. The number of ether oxygens (including phenoxy) is 1. The number of aromatic amines is 1. The minimum absolute atomic E-state index is 0.168. The van der Waals surface area contributed by atoms with E-state index in [1.165, 1.54) is 0 Å². The average molecular weight is 286 g/mol. The van der Waals surface area contributed by atoms with Crippen LogP contribution in [0.4, 0.5) is 0 Å². The summed E-state index contributed by atoms with van der Waals surface area (Å²) >= 11 is 0. The number of H-pyrrole nitrogens is 1. The molecule has 0 saturated carbocycles. The van der Waals surface area contributed by atoms with Crippen molar-refractivity contribution in [2.75, 3.05) is 7.11 Å². The van der Waals surface area contributed by atoms with Crippen LogP contribution in [0.25, 0.3) is 0 Å². The van der Waals surface area contributed by atoms with Crippen LogP contribution < -0.4 is 15.6 Å². The molecule has 2 N–H and O–H groups in total. The Kier molecular flexibility index (Phi) is 4.42. The van der Waals surface area contributed by atoms with Gasteiger partial charge in [0.05, 0.1) is 7.11 Å². The summed E-state index contributed by atoms with van der Waals surface area (Å²) in [5, 5.41) is 2.75. The number of carbonyl (C=O) groups is 1. The number of benzene rings is 1. The van der Waals surface area contributed by atoms with Gasteiger partial charge in [-0.25, -0.2) is 0 Å². The maximum atomic E-state index is 12.1. The van der Waals surface area contributed by atoms with E-state index in [2.05, 4.69) is 10.3 Å². The molecule has 0 aliphatic carbocycles. The van der Waals surface area contributed by atoms with Gasteiger partial charge in [-0.3, -0.25) is 9.59 Å². The maximum Gasteiger partial charge on any atom is 0.253 e. The summed E-state index contributed by atoms with van der Waals surface area (Å²) in [5.74, 6) is 0.375. The summed E-state index contributed by atoms with van der Waals surface area (Å²) < 4.78 is 5.08. The maximum absolute atomic E-state index is 12.1. The summed E-state index contributed by atoms with van der Waals surface area (Å²) in [6, 6.07) is 8.75. The molecule has 1 aromatic heterocycles. The van der Waals surface area contributed by atoms with Gasteiger partial charge in [0.25, 0.3) is 11.5 Å². The highest BCUT2D eigenvalue weighted by Crippen LogP contribution is 2.12. The first-order chi connectivity index (χ1) is 10.0. The third kappa shape index (κ3) is 3.51. The van der Waals surface area contributed by atoms with Crippen LogP contribution in [0.15, 0.2) is 35.1 Å². The van der Waals surface area contributed by atoms with E-state index in [4.69, 9.17) is 4.74 Å². The van der Waals surface area contributed by atoms with Crippen LogP contribution in [-0.2, 0) is 6.54 Å². The molecule has 5 heteroatoms. The Labute approximate surface area is 123 Å². The molecule has 0 saturated heterocycles. The minimum Gasteiger partial charge on any atom is -0.497 e. The first-order valence-corrected chi connectivity index (χ1v) is 6.63. The number of aryl methyl sites for hydroxylation is 2. The molecule has 0 spiro atoms. The highest BCUT2D eigenvalue weighted by molar-refractivity contribution is 5.94. The second kappa shape index (κ2) is 6.26. The molecule has 0 radical (unpaired) electrons. The van der Waals surface area contributed by atoms with Crippen molar-refractivity contribution in [3.63, 3.8) is 0 Å². The van der Waals surface area contributed by atoms with Crippen molar-refractivity contribution in [2.45, 2.75) is 20.4 Å². The molecule has 110 valence electrons. The van der Waals surface area contributed by atoms with E-state index < -0.39 is 0 Å². The van der Waals surface area contributed by atoms with Gasteiger partial charge in [0.2, 0.25) is 0 Å². The highest BCUT2D eigenvalue weighted by atomic mass is 16.5. The number of carbonyl (C=O) groups excluding carboxylic acids is 1. The summed E-state index contributed by atoms with van der Waals surface area (Å²) in [6.07, 6.45) is 0. The molecular formula is C16H18N2O3. The molecule has 0 atom stereocenters. The number of nitrogens with one attached hydrogen (secondary N) is 2. The monoisotopic (exact) mass is 286 g/mol. The van der Waals surface area contributed by atoms with Gasteiger partial charge in [0.1, 0.15) is 5.75 Å². The number of hydrogen-bond acceptors (Lipinski definition) is 3. The fourth-order valence-electron chi connectivity index (χ4n) is 2.14. The highest BCUT2D eigenvalue weighted by Gasteiger charge is 2.09. The van der Waals surface area contributed by atoms with Crippen molar-refractivity contribution >= 4 is 5.91 Å². The Morgan fingerprint density at radius 3 is 2.71 bits per heavy atom. The van der Waals surface area contributed by atoms with Crippen LogP contribution in [0.1, 0.15) is 27.2 Å². The van der Waals surface area contributed by atoms with Crippen LogP contribution in [0, 0.1) is 13.8 Å². The number of methoxy groups -OCH3 is 1. The summed E-state index contributed by atoms with van der Waals surface area (Å²) in [4.78, 5) is 26.7. The quantitative estimate of drug-likeness (QED) is 0.902. The second-order valence-corrected chi connectivity index (χ2v) is 4.86. The Morgan fingerprint density at radius 1 is 1.29 bits per heavy atom. The molecule has 2 aromatic rings. The lowest BCUT2D eigenvalue weighted by molar-refractivity contribution is 0.0950. The molecule has 1 aromatic carbocycles. The molecule has 2 rings (SSSR count). The predicted octanol–water partition coefficient (Wildman–Crippen LogP) is 1.93. The van der Waals surface area contributed by atoms with Crippen molar-refractivity contribution in [2.24, 2.45) is 0 Å². The SMILES string of the molecule is COc1cccc(C(=O)NCc2c(C)cc(C)[nH]c2=O)c1. The standard InChI is InChI=1S/C16H18N2O3/c1-10-7-11(2)18-16(20)14(10)9-17-15(19)12-5-4-6-13(8-12)21-3/h4-8H,9H2,1-3H3,(H,17,19)(H,18,20). The largest absolute Gasteiger partial charge is 0.497 e. The Balaban J connectivity index is 2.13. The zero-order valence-electron chi connectivity index (χ0n) is 12.3. The van der Waals surface area contributed by atoms with E-state index in [0.29, 0.717) is 16.9 Å².